The average molecular weight is 337 g/mol. The molecule has 0 aromatic rings. The molecular weight excluding hydrogens is 296 g/mol. The molecule has 3 saturated carbocycles. The van der Waals surface area contributed by atoms with Gasteiger partial charge < -0.3 is 9.47 Å². The Bertz CT molecular complexity index is 334. The Balaban J connectivity index is 1.73. The van der Waals surface area contributed by atoms with E-state index in [1.54, 1.807) is 0 Å². The first-order valence-electron chi connectivity index (χ1n) is 10.7. The highest BCUT2D eigenvalue weighted by Gasteiger charge is 2.48. The van der Waals surface area contributed by atoms with Crippen LogP contribution in [0.25, 0.3) is 0 Å². The van der Waals surface area contributed by atoms with E-state index in [0.717, 1.165) is 17.8 Å². The van der Waals surface area contributed by atoms with Crippen LogP contribution >= 0.6 is 0 Å². The molecule has 24 heavy (non-hydrogen) atoms. The van der Waals surface area contributed by atoms with E-state index in [1.165, 1.54) is 83.5 Å². The number of rotatable bonds is 5. The molecule has 0 aromatic carbocycles. The van der Waals surface area contributed by atoms with Crippen molar-refractivity contribution in [2.75, 3.05) is 14.2 Å². The summed E-state index contributed by atoms with van der Waals surface area (Å²) in [6.45, 7) is 2.71. The first-order valence-corrected chi connectivity index (χ1v) is 10.7. The quantitative estimate of drug-likeness (QED) is 0.614. The lowest BCUT2D eigenvalue weighted by Crippen LogP contribution is -2.46. The highest BCUT2D eigenvalue weighted by Crippen LogP contribution is 2.56. The van der Waals surface area contributed by atoms with Crippen LogP contribution in [-0.4, -0.2) is 26.4 Å². The summed E-state index contributed by atoms with van der Waals surface area (Å²) in [6, 6.07) is 0. The minimum atomic E-state index is 0.529. The van der Waals surface area contributed by atoms with Crippen LogP contribution in [-0.2, 0) is 9.47 Å². The van der Waals surface area contributed by atoms with Crippen LogP contribution in [0.1, 0.15) is 90.4 Å². The van der Waals surface area contributed by atoms with Crippen LogP contribution in [0, 0.1) is 23.2 Å². The minimum Gasteiger partial charge on any atom is -0.381 e. The van der Waals surface area contributed by atoms with Crippen molar-refractivity contribution in [3.05, 3.63) is 0 Å². The first kappa shape index (κ1) is 18.7. The van der Waals surface area contributed by atoms with Gasteiger partial charge in [0.15, 0.2) is 0 Å². The fourth-order valence-corrected chi connectivity index (χ4v) is 6.57. The van der Waals surface area contributed by atoms with Crippen molar-refractivity contribution in [2.45, 2.75) is 103 Å². The summed E-state index contributed by atoms with van der Waals surface area (Å²) in [5, 5.41) is 0. The molecular formula is C22H40O2. The van der Waals surface area contributed by atoms with Gasteiger partial charge in [0.1, 0.15) is 0 Å². The molecule has 3 aliphatic rings. The molecule has 0 heterocycles. The molecule has 0 N–H and O–H groups in total. The highest BCUT2D eigenvalue weighted by atomic mass is 16.5. The van der Waals surface area contributed by atoms with Crippen molar-refractivity contribution in [3.63, 3.8) is 0 Å². The Labute approximate surface area is 150 Å². The summed E-state index contributed by atoms with van der Waals surface area (Å²) in [4.78, 5) is 0. The SMILES string of the molecule is COC1CCC(C(C)(C2CCCCC2)C2CCC(OC)CC2)CC1. The van der Waals surface area contributed by atoms with Gasteiger partial charge in [-0.1, -0.05) is 26.2 Å². The average Bonchev–Trinajstić information content (AvgIpc) is 2.68. The van der Waals surface area contributed by atoms with Gasteiger partial charge in [-0.25, -0.2) is 0 Å². The Hall–Kier alpha value is -0.0800. The van der Waals surface area contributed by atoms with Crippen molar-refractivity contribution in [1.29, 1.82) is 0 Å². The third-order valence-electron chi connectivity index (χ3n) is 8.26. The third-order valence-corrected chi connectivity index (χ3v) is 8.26. The van der Waals surface area contributed by atoms with E-state index in [1.807, 2.05) is 14.2 Å². The van der Waals surface area contributed by atoms with E-state index in [0.29, 0.717) is 17.6 Å². The van der Waals surface area contributed by atoms with E-state index >= 15 is 0 Å². The van der Waals surface area contributed by atoms with Gasteiger partial charge in [-0.15, -0.1) is 0 Å². The fraction of sp³-hybridized carbons (Fsp3) is 1.00. The van der Waals surface area contributed by atoms with E-state index < -0.39 is 0 Å². The van der Waals surface area contributed by atoms with Crippen LogP contribution < -0.4 is 0 Å². The summed E-state index contributed by atoms with van der Waals surface area (Å²) in [6.07, 6.45) is 19.2. The maximum Gasteiger partial charge on any atom is 0.0571 e. The number of hydrogen-bond donors (Lipinski definition) is 0. The van der Waals surface area contributed by atoms with E-state index in [4.69, 9.17) is 9.47 Å². The highest BCUT2D eigenvalue weighted by molar-refractivity contribution is 4.98. The van der Waals surface area contributed by atoms with Gasteiger partial charge >= 0.3 is 0 Å². The molecule has 2 heteroatoms. The van der Waals surface area contributed by atoms with Crippen molar-refractivity contribution in [3.8, 4) is 0 Å². The van der Waals surface area contributed by atoms with Crippen molar-refractivity contribution < 1.29 is 9.47 Å². The number of ether oxygens (including phenoxy) is 2. The largest absolute Gasteiger partial charge is 0.381 e. The van der Waals surface area contributed by atoms with Gasteiger partial charge in [0.2, 0.25) is 0 Å². The second kappa shape index (κ2) is 8.54. The predicted molar refractivity (Wildman–Crippen MR) is 100 cm³/mol. The fourth-order valence-electron chi connectivity index (χ4n) is 6.57. The Morgan fingerprint density at radius 3 is 1.29 bits per heavy atom. The second-order valence-electron chi connectivity index (χ2n) is 9.12. The maximum atomic E-state index is 5.66. The number of methoxy groups -OCH3 is 2. The molecule has 0 bridgehead atoms. The molecule has 2 nitrogen and oxygen atoms in total. The normalized spacial score (nSPS) is 38.6. The summed E-state index contributed by atoms with van der Waals surface area (Å²) < 4.78 is 11.3. The van der Waals surface area contributed by atoms with Crippen LogP contribution in [0.15, 0.2) is 0 Å². The molecule has 0 amide bonds. The van der Waals surface area contributed by atoms with E-state index in [2.05, 4.69) is 6.92 Å². The maximum absolute atomic E-state index is 5.66. The van der Waals surface area contributed by atoms with Gasteiger partial charge in [0.05, 0.1) is 12.2 Å². The molecule has 140 valence electrons. The lowest BCUT2D eigenvalue weighted by molar-refractivity contribution is -0.0661. The van der Waals surface area contributed by atoms with E-state index in [-0.39, 0.29) is 0 Å². The van der Waals surface area contributed by atoms with Crippen LogP contribution in [0.2, 0.25) is 0 Å². The second-order valence-corrected chi connectivity index (χ2v) is 9.12. The molecule has 3 fully saturated rings. The molecule has 0 aromatic heterocycles. The minimum absolute atomic E-state index is 0.529. The molecule has 0 unspecified atom stereocenters. The van der Waals surface area contributed by atoms with Gasteiger partial charge in [-0.2, -0.15) is 0 Å². The van der Waals surface area contributed by atoms with Gasteiger partial charge in [-0.05, 0) is 87.4 Å². The lowest BCUT2D eigenvalue weighted by atomic mass is 9.52. The summed E-state index contributed by atoms with van der Waals surface area (Å²) in [5.74, 6) is 2.83. The van der Waals surface area contributed by atoms with E-state index in [9.17, 15) is 0 Å². The molecule has 0 saturated heterocycles. The summed E-state index contributed by atoms with van der Waals surface area (Å²) >= 11 is 0. The monoisotopic (exact) mass is 336 g/mol. The zero-order chi connectivity index (χ0) is 17.0. The van der Waals surface area contributed by atoms with Gasteiger partial charge in [0, 0.05) is 14.2 Å². The standard InChI is InChI=1S/C22H40O2/c1-22(17-7-5-4-6-8-17,18-9-13-20(23-2)14-10-18)19-11-15-21(24-3)16-12-19/h17-21H,4-16H2,1-3H3. The van der Waals surface area contributed by atoms with Gasteiger partial charge in [0.25, 0.3) is 0 Å². The molecule has 3 aliphatic carbocycles. The molecule has 0 aliphatic heterocycles. The lowest BCUT2D eigenvalue weighted by Gasteiger charge is -2.54. The Morgan fingerprint density at radius 2 is 0.917 bits per heavy atom. The first-order chi connectivity index (χ1) is 11.7. The zero-order valence-corrected chi connectivity index (χ0v) is 16.4. The molecule has 0 spiro atoms. The summed E-state index contributed by atoms with van der Waals surface area (Å²) in [5.41, 5.74) is 0.567. The predicted octanol–water partition coefficient (Wildman–Crippen LogP) is 5.98. The number of hydrogen-bond acceptors (Lipinski definition) is 2. The Morgan fingerprint density at radius 1 is 0.542 bits per heavy atom. The van der Waals surface area contributed by atoms with Gasteiger partial charge in [-0.3, -0.25) is 0 Å². The van der Waals surface area contributed by atoms with Crippen molar-refractivity contribution >= 4 is 0 Å². The Kier molecular flexibility index (Phi) is 6.65. The van der Waals surface area contributed by atoms with Crippen LogP contribution in [0.3, 0.4) is 0 Å². The molecule has 0 radical (unpaired) electrons. The van der Waals surface area contributed by atoms with Crippen LogP contribution in [0.4, 0.5) is 0 Å². The molecule has 3 rings (SSSR count). The summed E-state index contributed by atoms with van der Waals surface area (Å²) in [7, 11) is 3.80. The third kappa shape index (κ3) is 3.85. The molecule has 0 atom stereocenters. The smallest absolute Gasteiger partial charge is 0.0571 e. The van der Waals surface area contributed by atoms with Crippen molar-refractivity contribution in [2.24, 2.45) is 23.2 Å². The zero-order valence-electron chi connectivity index (χ0n) is 16.4. The van der Waals surface area contributed by atoms with Crippen molar-refractivity contribution in [1.82, 2.24) is 0 Å². The topological polar surface area (TPSA) is 18.5 Å². The van der Waals surface area contributed by atoms with Crippen LogP contribution in [0.5, 0.6) is 0 Å².